The summed E-state index contributed by atoms with van der Waals surface area (Å²) < 4.78 is 0. The van der Waals surface area contributed by atoms with Gasteiger partial charge < -0.3 is 15.5 Å². The summed E-state index contributed by atoms with van der Waals surface area (Å²) in [5.41, 5.74) is 0.633. The van der Waals surface area contributed by atoms with Crippen molar-refractivity contribution in [2.24, 2.45) is 11.8 Å². The highest BCUT2D eigenvalue weighted by atomic mass is 16.2. The number of nitrogens with one attached hydrogen (secondary N) is 2. The Morgan fingerprint density at radius 2 is 2.08 bits per heavy atom. The number of anilines is 1. The monoisotopic (exact) mass is 344 g/mol. The van der Waals surface area contributed by atoms with E-state index in [1.807, 2.05) is 30.9 Å². The molecule has 1 aliphatic heterocycles. The summed E-state index contributed by atoms with van der Waals surface area (Å²) >= 11 is 0. The smallest absolute Gasteiger partial charge is 0.255 e. The molecule has 6 nitrogen and oxygen atoms in total. The van der Waals surface area contributed by atoms with Gasteiger partial charge in [0.05, 0.1) is 5.56 Å². The molecule has 2 amide bonds. The van der Waals surface area contributed by atoms with Crippen LogP contribution in [0.3, 0.4) is 0 Å². The van der Waals surface area contributed by atoms with Gasteiger partial charge in [-0.15, -0.1) is 0 Å². The normalized spacial score (nSPS) is 20.4. The summed E-state index contributed by atoms with van der Waals surface area (Å²) in [5, 5.41) is 6.31. The third-order valence-corrected chi connectivity index (χ3v) is 4.84. The van der Waals surface area contributed by atoms with Crippen molar-refractivity contribution in [1.82, 2.24) is 15.2 Å². The Balaban J connectivity index is 1.53. The van der Waals surface area contributed by atoms with E-state index in [2.05, 4.69) is 15.6 Å². The van der Waals surface area contributed by atoms with Gasteiger partial charge in [0.1, 0.15) is 5.82 Å². The van der Waals surface area contributed by atoms with Gasteiger partial charge >= 0.3 is 0 Å². The largest absolute Gasteiger partial charge is 0.367 e. The maximum Gasteiger partial charge on any atom is 0.255 e. The van der Waals surface area contributed by atoms with E-state index in [4.69, 9.17) is 0 Å². The molecule has 1 saturated carbocycles. The highest BCUT2D eigenvalue weighted by molar-refractivity contribution is 5.94. The zero-order valence-corrected chi connectivity index (χ0v) is 15.1. The van der Waals surface area contributed by atoms with Crippen molar-refractivity contribution < 1.29 is 9.59 Å². The number of carbonyl (C=O) groups excluding carboxylic acids is 2. The Labute approximate surface area is 149 Å². The molecule has 1 aromatic heterocycles. The molecule has 0 spiro atoms. The molecule has 2 aliphatic rings. The highest BCUT2D eigenvalue weighted by Crippen LogP contribution is 2.24. The molecule has 2 N–H and O–H groups in total. The third-order valence-electron chi connectivity index (χ3n) is 4.84. The fourth-order valence-corrected chi connectivity index (χ4v) is 3.09. The van der Waals surface area contributed by atoms with E-state index in [-0.39, 0.29) is 17.7 Å². The van der Waals surface area contributed by atoms with Crippen molar-refractivity contribution >= 4 is 17.6 Å². The van der Waals surface area contributed by atoms with Crippen LogP contribution in [0.25, 0.3) is 0 Å². The average molecular weight is 344 g/mol. The zero-order valence-electron chi connectivity index (χ0n) is 15.1. The molecule has 0 aromatic carbocycles. The Kier molecular flexibility index (Phi) is 5.56. The van der Waals surface area contributed by atoms with Crippen LogP contribution in [0.1, 0.15) is 49.9 Å². The minimum absolute atomic E-state index is 0.00448. The summed E-state index contributed by atoms with van der Waals surface area (Å²) in [7, 11) is 0. The molecule has 1 aliphatic carbocycles. The molecular formula is C19H28N4O2. The number of hydrogen-bond acceptors (Lipinski definition) is 4. The number of piperidine rings is 1. The Morgan fingerprint density at radius 1 is 1.28 bits per heavy atom. The van der Waals surface area contributed by atoms with Crippen LogP contribution in [-0.2, 0) is 4.79 Å². The van der Waals surface area contributed by atoms with Gasteiger partial charge in [-0.2, -0.15) is 0 Å². The van der Waals surface area contributed by atoms with E-state index >= 15 is 0 Å². The van der Waals surface area contributed by atoms with Crippen molar-refractivity contribution in [3.8, 4) is 0 Å². The van der Waals surface area contributed by atoms with E-state index in [0.717, 1.165) is 25.2 Å². The highest BCUT2D eigenvalue weighted by Gasteiger charge is 2.25. The second kappa shape index (κ2) is 7.85. The molecular weight excluding hydrogens is 316 g/mol. The average Bonchev–Trinajstić information content (AvgIpc) is 3.44. The lowest BCUT2D eigenvalue weighted by Crippen LogP contribution is -2.44. The van der Waals surface area contributed by atoms with Crippen LogP contribution in [0, 0.1) is 11.8 Å². The quantitative estimate of drug-likeness (QED) is 0.830. The second-order valence-corrected chi connectivity index (χ2v) is 7.51. The lowest BCUT2D eigenvalue weighted by Gasteiger charge is -2.33. The third kappa shape index (κ3) is 4.94. The van der Waals surface area contributed by atoms with E-state index in [1.54, 1.807) is 6.20 Å². The van der Waals surface area contributed by atoms with Gasteiger partial charge in [-0.3, -0.25) is 9.59 Å². The number of amides is 2. The molecule has 1 aromatic rings. The predicted octanol–water partition coefficient (Wildman–Crippen LogP) is 2.28. The fraction of sp³-hybridized carbons (Fsp3) is 0.632. The number of hydrogen-bond donors (Lipinski definition) is 2. The maximum absolute atomic E-state index is 12.7. The van der Waals surface area contributed by atoms with Gasteiger partial charge in [0, 0.05) is 37.8 Å². The van der Waals surface area contributed by atoms with E-state index in [9.17, 15) is 9.59 Å². The molecule has 2 fully saturated rings. The second-order valence-electron chi connectivity index (χ2n) is 7.51. The zero-order chi connectivity index (χ0) is 17.8. The number of carbonyl (C=O) groups is 2. The van der Waals surface area contributed by atoms with Crippen molar-refractivity contribution in [1.29, 1.82) is 0 Å². The summed E-state index contributed by atoms with van der Waals surface area (Å²) in [6, 6.07) is 4.29. The molecule has 1 saturated heterocycles. The van der Waals surface area contributed by atoms with Crippen LogP contribution < -0.4 is 10.6 Å². The van der Waals surface area contributed by atoms with Crippen LogP contribution in [0.15, 0.2) is 18.3 Å². The molecule has 1 unspecified atom stereocenters. The SMILES string of the molecule is CC(C)C(=O)NCC1CCCN(C(=O)c2ccc(NC3CC3)nc2)C1. The number of likely N-dealkylation sites (tertiary alicyclic amines) is 1. The van der Waals surface area contributed by atoms with Gasteiger partial charge in [0.2, 0.25) is 5.91 Å². The standard InChI is InChI=1S/C19H28N4O2/c1-13(2)18(24)21-10-14-4-3-9-23(12-14)19(25)15-5-8-17(20-11-15)22-16-6-7-16/h5,8,11,13-14,16H,3-4,6-7,9-10,12H2,1-2H3,(H,20,22)(H,21,24). The molecule has 6 heteroatoms. The fourth-order valence-electron chi connectivity index (χ4n) is 3.09. The van der Waals surface area contributed by atoms with Gasteiger partial charge in [0.25, 0.3) is 5.91 Å². The van der Waals surface area contributed by atoms with Crippen molar-refractivity contribution in [2.75, 3.05) is 25.0 Å². The summed E-state index contributed by atoms with van der Waals surface area (Å²) in [6.45, 7) is 5.89. The molecule has 0 bridgehead atoms. The maximum atomic E-state index is 12.7. The van der Waals surface area contributed by atoms with E-state index in [1.165, 1.54) is 12.8 Å². The lowest BCUT2D eigenvalue weighted by atomic mass is 9.97. The van der Waals surface area contributed by atoms with Crippen LogP contribution in [-0.4, -0.2) is 47.4 Å². The summed E-state index contributed by atoms with van der Waals surface area (Å²) in [6.07, 6.45) is 6.08. The first-order valence-electron chi connectivity index (χ1n) is 9.32. The summed E-state index contributed by atoms with van der Waals surface area (Å²) in [4.78, 5) is 30.7. The van der Waals surface area contributed by atoms with Crippen LogP contribution in [0.4, 0.5) is 5.82 Å². The number of rotatable bonds is 6. The predicted molar refractivity (Wildman–Crippen MR) is 97.4 cm³/mol. The Hall–Kier alpha value is -2.11. The molecule has 136 valence electrons. The Morgan fingerprint density at radius 3 is 2.72 bits per heavy atom. The lowest BCUT2D eigenvalue weighted by molar-refractivity contribution is -0.124. The first-order valence-corrected chi connectivity index (χ1v) is 9.32. The van der Waals surface area contributed by atoms with E-state index < -0.39 is 0 Å². The van der Waals surface area contributed by atoms with Crippen LogP contribution >= 0.6 is 0 Å². The van der Waals surface area contributed by atoms with Crippen molar-refractivity contribution in [3.63, 3.8) is 0 Å². The molecule has 2 heterocycles. The van der Waals surface area contributed by atoms with Crippen LogP contribution in [0.5, 0.6) is 0 Å². The van der Waals surface area contributed by atoms with Gasteiger partial charge in [0.15, 0.2) is 0 Å². The molecule has 0 radical (unpaired) electrons. The van der Waals surface area contributed by atoms with Crippen molar-refractivity contribution in [2.45, 2.75) is 45.6 Å². The number of aromatic nitrogens is 1. The molecule has 3 rings (SSSR count). The first kappa shape index (κ1) is 17.7. The van der Waals surface area contributed by atoms with Crippen LogP contribution in [0.2, 0.25) is 0 Å². The van der Waals surface area contributed by atoms with Gasteiger partial charge in [-0.25, -0.2) is 4.98 Å². The van der Waals surface area contributed by atoms with Gasteiger partial charge in [-0.05, 0) is 43.7 Å². The minimum atomic E-state index is -0.00448. The Bertz CT molecular complexity index is 610. The molecule has 1 atom stereocenters. The minimum Gasteiger partial charge on any atom is -0.367 e. The topological polar surface area (TPSA) is 74.3 Å². The number of nitrogens with zero attached hydrogens (tertiary/aromatic N) is 2. The van der Waals surface area contributed by atoms with Crippen molar-refractivity contribution in [3.05, 3.63) is 23.9 Å². The number of pyridine rings is 1. The molecule has 25 heavy (non-hydrogen) atoms. The van der Waals surface area contributed by atoms with E-state index in [0.29, 0.717) is 30.6 Å². The van der Waals surface area contributed by atoms with Gasteiger partial charge in [-0.1, -0.05) is 13.8 Å². The first-order chi connectivity index (χ1) is 12.0. The summed E-state index contributed by atoms with van der Waals surface area (Å²) in [5.74, 6) is 1.27.